The Hall–Kier alpha value is -3.78. The van der Waals surface area contributed by atoms with Crippen molar-refractivity contribution in [2.45, 2.75) is 17.8 Å². The molecule has 0 amide bonds. The summed E-state index contributed by atoms with van der Waals surface area (Å²) in [6, 6.07) is 21.8. The number of para-hydroxylation sites is 1. The van der Waals surface area contributed by atoms with Crippen molar-refractivity contribution < 1.29 is 4.52 Å². The zero-order chi connectivity index (χ0) is 21.0. The number of rotatable bonds is 6. The molecule has 5 rings (SSSR count). The smallest absolute Gasteiger partial charge is 0.237 e. The maximum Gasteiger partial charge on any atom is 0.237 e. The number of benzene rings is 2. The topological polar surface area (TPSA) is 82.5 Å². The summed E-state index contributed by atoms with van der Waals surface area (Å²) in [5.41, 5.74) is 4.02. The summed E-state index contributed by atoms with van der Waals surface area (Å²) in [4.78, 5) is 8.63. The third-order valence-electron chi connectivity index (χ3n) is 4.75. The third kappa shape index (κ3) is 3.97. The molecule has 5 aromatic rings. The Morgan fingerprint density at radius 2 is 1.65 bits per heavy atom. The predicted octanol–water partition coefficient (Wildman–Crippen LogP) is 4.98. The van der Waals surface area contributed by atoms with E-state index < -0.39 is 0 Å². The van der Waals surface area contributed by atoms with Crippen molar-refractivity contribution in [1.29, 1.82) is 0 Å². The molecule has 2 aromatic carbocycles. The molecular weight excluding hydrogens is 408 g/mol. The van der Waals surface area contributed by atoms with Gasteiger partial charge in [0.05, 0.1) is 11.4 Å². The lowest BCUT2D eigenvalue weighted by molar-refractivity contribution is 0.391. The van der Waals surface area contributed by atoms with Crippen LogP contribution in [0.25, 0.3) is 28.5 Å². The molecule has 152 valence electrons. The maximum atomic E-state index is 5.45. The minimum atomic E-state index is 0.486. The molecular formula is C23H18N6OS. The summed E-state index contributed by atoms with van der Waals surface area (Å²) in [7, 11) is 0. The van der Waals surface area contributed by atoms with Gasteiger partial charge in [0, 0.05) is 23.5 Å². The highest BCUT2D eigenvalue weighted by molar-refractivity contribution is 7.98. The highest BCUT2D eigenvalue weighted by atomic mass is 32.2. The molecule has 7 nitrogen and oxygen atoms in total. The zero-order valence-electron chi connectivity index (χ0n) is 16.7. The number of nitrogens with zero attached hydrogens (tertiary/aromatic N) is 6. The van der Waals surface area contributed by atoms with Gasteiger partial charge in [-0.2, -0.15) is 4.98 Å². The van der Waals surface area contributed by atoms with Crippen LogP contribution in [0.1, 0.15) is 11.5 Å². The molecule has 0 spiro atoms. The van der Waals surface area contributed by atoms with Gasteiger partial charge in [-0.3, -0.25) is 9.55 Å². The van der Waals surface area contributed by atoms with Gasteiger partial charge in [-0.1, -0.05) is 65.4 Å². The van der Waals surface area contributed by atoms with Crippen LogP contribution in [0.5, 0.6) is 0 Å². The van der Waals surface area contributed by atoms with Crippen LogP contribution in [0.15, 0.2) is 88.8 Å². The summed E-state index contributed by atoms with van der Waals surface area (Å²) in [6.07, 6.45) is 3.51. The second-order valence-corrected chi connectivity index (χ2v) is 7.77. The van der Waals surface area contributed by atoms with Crippen molar-refractivity contribution in [1.82, 2.24) is 29.9 Å². The first kappa shape index (κ1) is 19.2. The Labute approximate surface area is 183 Å². The van der Waals surface area contributed by atoms with E-state index in [-0.39, 0.29) is 0 Å². The summed E-state index contributed by atoms with van der Waals surface area (Å²) in [6.45, 7) is 2.07. The fraction of sp³-hybridized carbons (Fsp3) is 0.0870. The van der Waals surface area contributed by atoms with E-state index in [0.29, 0.717) is 17.5 Å². The standard InChI is InChI=1S/C23H18N6OS/c1-16-7-5-6-10-19(16)29-22(18-11-13-24-14-12-18)26-27-23(29)31-15-20-25-21(28-30-20)17-8-3-2-4-9-17/h2-14H,15H2,1H3. The van der Waals surface area contributed by atoms with Crippen molar-refractivity contribution in [3.05, 3.63) is 90.6 Å². The Balaban J connectivity index is 1.47. The van der Waals surface area contributed by atoms with Gasteiger partial charge in [-0.05, 0) is 30.7 Å². The van der Waals surface area contributed by atoms with Gasteiger partial charge < -0.3 is 4.52 Å². The van der Waals surface area contributed by atoms with Crippen molar-refractivity contribution in [3.63, 3.8) is 0 Å². The van der Waals surface area contributed by atoms with Gasteiger partial charge in [0.1, 0.15) is 0 Å². The molecule has 31 heavy (non-hydrogen) atoms. The zero-order valence-corrected chi connectivity index (χ0v) is 17.5. The second-order valence-electron chi connectivity index (χ2n) is 6.83. The summed E-state index contributed by atoms with van der Waals surface area (Å²) in [5, 5.41) is 13.8. The Morgan fingerprint density at radius 3 is 2.45 bits per heavy atom. The molecule has 3 heterocycles. The van der Waals surface area contributed by atoms with Crippen LogP contribution in [-0.4, -0.2) is 29.9 Å². The van der Waals surface area contributed by atoms with Crippen molar-refractivity contribution in [2.24, 2.45) is 0 Å². The molecule has 0 fully saturated rings. The lowest BCUT2D eigenvalue weighted by Gasteiger charge is -2.12. The molecule has 0 saturated carbocycles. The molecule has 0 radical (unpaired) electrons. The predicted molar refractivity (Wildman–Crippen MR) is 119 cm³/mol. The van der Waals surface area contributed by atoms with Crippen LogP contribution in [0.4, 0.5) is 0 Å². The number of hydrogen-bond acceptors (Lipinski definition) is 7. The van der Waals surface area contributed by atoms with Crippen LogP contribution >= 0.6 is 11.8 Å². The molecule has 0 aliphatic heterocycles. The van der Waals surface area contributed by atoms with E-state index in [1.165, 1.54) is 11.8 Å². The Morgan fingerprint density at radius 1 is 0.871 bits per heavy atom. The molecule has 8 heteroatoms. The van der Waals surface area contributed by atoms with Gasteiger partial charge in [0.15, 0.2) is 11.0 Å². The number of aromatic nitrogens is 6. The Kier molecular flexibility index (Phi) is 5.28. The van der Waals surface area contributed by atoms with Gasteiger partial charge in [-0.25, -0.2) is 0 Å². The number of thioether (sulfide) groups is 1. The highest BCUT2D eigenvalue weighted by Gasteiger charge is 2.18. The fourth-order valence-electron chi connectivity index (χ4n) is 3.23. The van der Waals surface area contributed by atoms with Crippen LogP contribution in [-0.2, 0) is 5.75 Å². The van der Waals surface area contributed by atoms with E-state index in [1.54, 1.807) is 12.4 Å². The van der Waals surface area contributed by atoms with Crippen LogP contribution in [0.2, 0.25) is 0 Å². The third-order valence-corrected chi connectivity index (χ3v) is 5.67. The van der Waals surface area contributed by atoms with Crippen LogP contribution < -0.4 is 0 Å². The maximum absolute atomic E-state index is 5.45. The van der Waals surface area contributed by atoms with Gasteiger partial charge in [0.2, 0.25) is 11.7 Å². The first-order valence-corrected chi connectivity index (χ1v) is 10.7. The monoisotopic (exact) mass is 426 g/mol. The van der Waals surface area contributed by atoms with E-state index in [4.69, 9.17) is 4.52 Å². The fourth-order valence-corrected chi connectivity index (χ4v) is 4.01. The largest absolute Gasteiger partial charge is 0.338 e. The number of aryl methyl sites for hydroxylation is 1. The van der Waals surface area contributed by atoms with Gasteiger partial charge >= 0.3 is 0 Å². The molecule has 0 aliphatic rings. The van der Waals surface area contributed by atoms with Crippen molar-refractivity contribution in [2.75, 3.05) is 0 Å². The second kappa shape index (κ2) is 8.53. The number of hydrogen-bond donors (Lipinski definition) is 0. The lowest BCUT2D eigenvalue weighted by Crippen LogP contribution is -2.02. The average Bonchev–Trinajstić information content (AvgIpc) is 3.46. The normalized spacial score (nSPS) is 11.0. The minimum absolute atomic E-state index is 0.486. The van der Waals surface area contributed by atoms with Gasteiger partial charge in [-0.15, -0.1) is 10.2 Å². The summed E-state index contributed by atoms with van der Waals surface area (Å²) < 4.78 is 7.51. The van der Waals surface area contributed by atoms with E-state index in [1.807, 2.05) is 54.6 Å². The molecule has 0 N–H and O–H groups in total. The molecule has 0 bridgehead atoms. The molecule has 0 atom stereocenters. The lowest BCUT2D eigenvalue weighted by atomic mass is 10.2. The summed E-state index contributed by atoms with van der Waals surface area (Å²) in [5.74, 6) is 2.36. The SMILES string of the molecule is Cc1ccccc1-n1c(SCc2nc(-c3ccccc3)no2)nnc1-c1ccncc1. The number of pyridine rings is 1. The quantitative estimate of drug-likeness (QED) is 0.354. The van der Waals surface area contributed by atoms with E-state index in [2.05, 4.69) is 48.9 Å². The van der Waals surface area contributed by atoms with Gasteiger partial charge in [0.25, 0.3) is 0 Å². The summed E-state index contributed by atoms with van der Waals surface area (Å²) >= 11 is 1.51. The molecule has 0 aliphatic carbocycles. The van der Waals surface area contributed by atoms with Crippen molar-refractivity contribution in [3.8, 4) is 28.5 Å². The van der Waals surface area contributed by atoms with Crippen molar-refractivity contribution >= 4 is 11.8 Å². The average molecular weight is 427 g/mol. The molecule has 0 saturated heterocycles. The van der Waals surface area contributed by atoms with Crippen LogP contribution in [0.3, 0.4) is 0 Å². The highest BCUT2D eigenvalue weighted by Crippen LogP contribution is 2.30. The first-order chi connectivity index (χ1) is 15.3. The van der Waals surface area contributed by atoms with E-state index >= 15 is 0 Å². The minimum Gasteiger partial charge on any atom is -0.338 e. The molecule has 0 unspecified atom stereocenters. The van der Waals surface area contributed by atoms with E-state index in [9.17, 15) is 0 Å². The van der Waals surface area contributed by atoms with E-state index in [0.717, 1.165) is 33.4 Å². The molecule has 3 aromatic heterocycles. The Bertz CT molecular complexity index is 1300. The van der Waals surface area contributed by atoms with Crippen LogP contribution in [0, 0.1) is 6.92 Å². The first-order valence-electron chi connectivity index (χ1n) is 9.72.